The number of hydrogen-bond acceptors (Lipinski definition) is 4. The molecule has 0 bridgehead atoms. The van der Waals surface area contributed by atoms with Crippen LogP contribution < -0.4 is 0 Å². The summed E-state index contributed by atoms with van der Waals surface area (Å²) < 4.78 is 6.23. The van der Waals surface area contributed by atoms with Gasteiger partial charge in [0.15, 0.2) is 0 Å². The van der Waals surface area contributed by atoms with Gasteiger partial charge in [0.2, 0.25) is 0 Å². The van der Waals surface area contributed by atoms with Crippen molar-refractivity contribution in [2.75, 3.05) is 26.2 Å². The van der Waals surface area contributed by atoms with Crippen molar-refractivity contribution < 1.29 is 14.6 Å². The summed E-state index contributed by atoms with van der Waals surface area (Å²) in [6.45, 7) is 21.5. The lowest BCUT2D eigenvalue weighted by atomic mass is 9.33. The number of ether oxygens (including phenoxy) is 1. The van der Waals surface area contributed by atoms with Crippen LogP contribution in [0.25, 0.3) is 0 Å². The van der Waals surface area contributed by atoms with Gasteiger partial charge in [-0.2, -0.15) is 0 Å². The second kappa shape index (κ2) is 10.4. The second-order valence-corrected chi connectivity index (χ2v) is 17.2. The Morgan fingerprint density at radius 2 is 1.68 bits per heavy atom. The number of esters is 1. The predicted octanol–water partition coefficient (Wildman–Crippen LogP) is 8.03. The van der Waals surface area contributed by atoms with Gasteiger partial charge in [-0.3, -0.25) is 4.79 Å². The number of aliphatic hydroxyl groups is 1. The third-order valence-corrected chi connectivity index (χ3v) is 15.4. The number of aliphatic hydroxyl groups excluding tert-OH is 1. The lowest BCUT2D eigenvalue weighted by Gasteiger charge is -2.71. The molecule has 5 aliphatic carbocycles. The maximum absolute atomic E-state index is 14.2. The molecule has 0 aromatic rings. The standard InChI is InChI=1S/C37H61NO3/c1-25-13-18-37(32(40)41-24-10-23-38-21-8-9-22-38)20-19-35(6)27(31(37)26(25)2)11-12-29-34(5)16-15-30(39)33(3,4)28(34)14-17-36(29,35)7/h11,25-26,28-31,39H,8-10,12-24H2,1-7H3/t25-,26+,28+,29-,30+,31+,34+,35-,36-,37+/m1/s1. The molecule has 5 fully saturated rings. The number of hydrogen-bond donors (Lipinski definition) is 1. The van der Waals surface area contributed by atoms with E-state index < -0.39 is 0 Å². The molecule has 41 heavy (non-hydrogen) atoms. The highest BCUT2D eigenvalue weighted by molar-refractivity contribution is 5.79. The Bertz CT molecular complexity index is 1040. The van der Waals surface area contributed by atoms with Crippen LogP contribution in [0.5, 0.6) is 0 Å². The molecule has 0 aromatic carbocycles. The van der Waals surface area contributed by atoms with E-state index in [0.717, 1.165) is 57.9 Å². The number of likely N-dealkylation sites (tertiary alicyclic amines) is 1. The molecule has 10 atom stereocenters. The average molecular weight is 568 g/mol. The van der Waals surface area contributed by atoms with E-state index in [9.17, 15) is 9.90 Å². The maximum atomic E-state index is 14.2. The molecule has 0 spiro atoms. The van der Waals surface area contributed by atoms with Gasteiger partial charge in [-0.1, -0.05) is 60.1 Å². The van der Waals surface area contributed by atoms with Crippen molar-refractivity contribution in [3.63, 3.8) is 0 Å². The van der Waals surface area contributed by atoms with E-state index in [2.05, 4.69) is 59.4 Å². The van der Waals surface area contributed by atoms with E-state index in [1.165, 1.54) is 38.8 Å². The Morgan fingerprint density at radius 1 is 0.951 bits per heavy atom. The first-order chi connectivity index (χ1) is 19.3. The van der Waals surface area contributed by atoms with E-state index in [0.29, 0.717) is 36.2 Å². The van der Waals surface area contributed by atoms with Crippen LogP contribution in [-0.4, -0.2) is 48.3 Å². The first-order valence-electron chi connectivity index (χ1n) is 17.6. The number of nitrogens with zero attached hydrogens (tertiary/aromatic N) is 1. The van der Waals surface area contributed by atoms with Crippen molar-refractivity contribution in [2.45, 2.75) is 132 Å². The normalized spacial score (nSPS) is 49.2. The fourth-order valence-corrected chi connectivity index (χ4v) is 12.4. The third kappa shape index (κ3) is 4.29. The van der Waals surface area contributed by atoms with Crippen LogP contribution in [0.1, 0.15) is 126 Å². The number of allylic oxidation sites excluding steroid dienone is 2. The summed E-state index contributed by atoms with van der Waals surface area (Å²) in [7, 11) is 0. The summed E-state index contributed by atoms with van der Waals surface area (Å²) >= 11 is 0. The maximum Gasteiger partial charge on any atom is 0.312 e. The molecule has 1 aliphatic heterocycles. The SMILES string of the molecule is C[C@H]1[C@H](C)CC[C@]2(C(=O)OCCCN3CCCC3)CC[C@]3(C)C(=CC[C@@H]4[C@@]5(C)CC[C@H](O)C(C)(C)[C@@H]5CC[C@]43C)[C@H]12. The molecule has 1 N–H and O–H groups in total. The van der Waals surface area contributed by atoms with Gasteiger partial charge >= 0.3 is 5.97 Å². The van der Waals surface area contributed by atoms with Gasteiger partial charge in [0.05, 0.1) is 18.1 Å². The molecule has 6 aliphatic rings. The lowest BCUT2D eigenvalue weighted by Crippen LogP contribution is -2.65. The summed E-state index contributed by atoms with van der Waals surface area (Å²) in [5.74, 6) is 2.78. The molecule has 0 radical (unpaired) electrons. The van der Waals surface area contributed by atoms with Crippen LogP contribution in [0.15, 0.2) is 11.6 Å². The molecule has 232 valence electrons. The fraction of sp³-hybridized carbons (Fsp3) is 0.919. The highest BCUT2D eigenvalue weighted by Crippen LogP contribution is 2.75. The number of rotatable bonds is 5. The fourth-order valence-electron chi connectivity index (χ4n) is 12.4. The second-order valence-electron chi connectivity index (χ2n) is 17.2. The van der Waals surface area contributed by atoms with Crippen molar-refractivity contribution >= 4 is 5.97 Å². The third-order valence-electron chi connectivity index (χ3n) is 15.4. The van der Waals surface area contributed by atoms with Gasteiger partial charge in [0.1, 0.15) is 0 Å². The van der Waals surface area contributed by atoms with Gasteiger partial charge in [0.25, 0.3) is 0 Å². The lowest BCUT2D eigenvalue weighted by molar-refractivity contribution is -0.207. The quantitative estimate of drug-likeness (QED) is 0.208. The first kappa shape index (κ1) is 30.2. The summed E-state index contributed by atoms with van der Waals surface area (Å²) in [4.78, 5) is 16.7. The number of fused-ring (bicyclic) bond motifs is 7. The van der Waals surface area contributed by atoms with Crippen LogP contribution >= 0.6 is 0 Å². The zero-order valence-corrected chi connectivity index (χ0v) is 27.6. The van der Waals surface area contributed by atoms with E-state index in [-0.39, 0.29) is 39.1 Å². The molecule has 0 aromatic heterocycles. The summed E-state index contributed by atoms with van der Waals surface area (Å²) in [5, 5.41) is 11.0. The van der Waals surface area contributed by atoms with Gasteiger partial charge < -0.3 is 14.7 Å². The zero-order valence-electron chi connectivity index (χ0n) is 27.6. The van der Waals surface area contributed by atoms with Crippen LogP contribution in [0.3, 0.4) is 0 Å². The number of carbonyl (C=O) groups is 1. The molecule has 4 saturated carbocycles. The van der Waals surface area contributed by atoms with Crippen molar-refractivity contribution in [1.82, 2.24) is 4.90 Å². The number of carbonyl (C=O) groups excluding carboxylic acids is 1. The van der Waals surface area contributed by atoms with Gasteiger partial charge in [-0.25, -0.2) is 0 Å². The Balaban J connectivity index is 1.29. The highest BCUT2D eigenvalue weighted by atomic mass is 16.5. The van der Waals surface area contributed by atoms with Crippen LogP contribution in [0, 0.1) is 56.7 Å². The van der Waals surface area contributed by atoms with Crippen molar-refractivity contribution in [3.05, 3.63) is 11.6 Å². The molecule has 6 rings (SSSR count). The van der Waals surface area contributed by atoms with Crippen LogP contribution in [0.4, 0.5) is 0 Å². The topological polar surface area (TPSA) is 49.8 Å². The van der Waals surface area contributed by atoms with E-state index in [1.54, 1.807) is 5.57 Å². The smallest absolute Gasteiger partial charge is 0.312 e. The molecule has 0 unspecified atom stereocenters. The zero-order chi connectivity index (χ0) is 29.4. The predicted molar refractivity (Wildman–Crippen MR) is 166 cm³/mol. The molecular formula is C37H61NO3. The van der Waals surface area contributed by atoms with Gasteiger partial charge in [0, 0.05) is 6.54 Å². The summed E-state index contributed by atoms with van der Waals surface area (Å²) in [6.07, 6.45) is 16.0. The molecular weight excluding hydrogens is 506 g/mol. The van der Waals surface area contributed by atoms with Gasteiger partial charge in [-0.15, -0.1) is 0 Å². The Morgan fingerprint density at radius 3 is 2.41 bits per heavy atom. The molecule has 1 saturated heterocycles. The van der Waals surface area contributed by atoms with Gasteiger partial charge in [-0.05, 0) is 141 Å². The minimum absolute atomic E-state index is 0.0210. The Hall–Kier alpha value is -0.870. The minimum atomic E-state index is -0.341. The molecule has 0 amide bonds. The van der Waals surface area contributed by atoms with Crippen LogP contribution in [-0.2, 0) is 9.53 Å². The van der Waals surface area contributed by atoms with Crippen molar-refractivity contribution in [2.24, 2.45) is 56.7 Å². The minimum Gasteiger partial charge on any atom is -0.465 e. The summed E-state index contributed by atoms with van der Waals surface area (Å²) in [6, 6.07) is 0. The van der Waals surface area contributed by atoms with E-state index in [4.69, 9.17) is 4.74 Å². The van der Waals surface area contributed by atoms with Crippen molar-refractivity contribution in [1.29, 1.82) is 0 Å². The Kier molecular flexibility index (Phi) is 7.62. The highest BCUT2D eigenvalue weighted by Gasteiger charge is 2.69. The summed E-state index contributed by atoms with van der Waals surface area (Å²) in [5.41, 5.74) is 1.88. The van der Waals surface area contributed by atoms with E-state index >= 15 is 0 Å². The van der Waals surface area contributed by atoms with Crippen LogP contribution in [0.2, 0.25) is 0 Å². The molecule has 4 heteroatoms. The first-order valence-corrected chi connectivity index (χ1v) is 17.6. The molecule has 4 nitrogen and oxygen atoms in total. The average Bonchev–Trinajstić information content (AvgIpc) is 3.45. The Labute approximate surface area is 251 Å². The van der Waals surface area contributed by atoms with Crippen molar-refractivity contribution in [3.8, 4) is 0 Å². The monoisotopic (exact) mass is 567 g/mol. The van der Waals surface area contributed by atoms with E-state index in [1.807, 2.05) is 0 Å². The largest absolute Gasteiger partial charge is 0.465 e. The molecule has 1 heterocycles.